The maximum atomic E-state index is 13.8. The van der Waals surface area contributed by atoms with E-state index in [0.717, 1.165) is 26.1 Å². The van der Waals surface area contributed by atoms with E-state index in [1.165, 1.54) is 18.4 Å². The van der Waals surface area contributed by atoms with Gasteiger partial charge in [-0.25, -0.2) is 9.59 Å². The Morgan fingerprint density at radius 3 is 2.39 bits per heavy atom. The monoisotopic (exact) mass is 633 g/mol. The van der Waals surface area contributed by atoms with Crippen molar-refractivity contribution in [2.24, 2.45) is 0 Å². The van der Waals surface area contributed by atoms with Crippen molar-refractivity contribution in [3.8, 4) is 28.3 Å². The molecule has 0 aliphatic carbocycles. The first kappa shape index (κ1) is 31.8. The average molecular weight is 634 g/mol. The maximum Gasteiger partial charge on any atom is 0.439 e. The maximum absolute atomic E-state index is 13.8. The molecule has 0 atom stereocenters. The molecule has 0 amide bonds. The van der Waals surface area contributed by atoms with Crippen molar-refractivity contribution in [3.05, 3.63) is 126 Å². The Bertz CT molecular complexity index is 2160. The van der Waals surface area contributed by atoms with Gasteiger partial charge in [-0.1, -0.05) is 72.7 Å². The van der Waals surface area contributed by atoms with Gasteiger partial charge in [-0.05, 0) is 41.3 Å². The number of hydrogen-bond acceptors (Lipinski definition) is 8. The van der Waals surface area contributed by atoms with Crippen LogP contribution < -0.4 is 21.7 Å². The predicted molar refractivity (Wildman–Crippen MR) is 170 cm³/mol. The number of fused-ring (bicyclic) bond motifs is 1. The van der Waals surface area contributed by atoms with Gasteiger partial charge >= 0.3 is 11.4 Å². The van der Waals surface area contributed by atoms with Gasteiger partial charge in [0.15, 0.2) is 11.6 Å². The van der Waals surface area contributed by atoms with Gasteiger partial charge in [0, 0.05) is 67.4 Å². The van der Waals surface area contributed by atoms with E-state index in [0.29, 0.717) is 39.3 Å². The molecule has 1 radical (unpaired) electrons. The van der Waals surface area contributed by atoms with Gasteiger partial charge in [-0.3, -0.25) is 28.2 Å². The van der Waals surface area contributed by atoms with Crippen LogP contribution in [0, 0.1) is 0 Å². The Labute approximate surface area is 297 Å². The van der Waals surface area contributed by atoms with Gasteiger partial charge in [0.05, 0.1) is 25.6 Å². The number of aromatic amines is 1. The van der Waals surface area contributed by atoms with Gasteiger partial charge in [0.2, 0.25) is 0 Å². The predicted octanol–water partition coefficient (Wildman–Crippen LogP) is 4.36. The van der Waals surface area contributed by atoms with E-state index in [1.807, 2.05) is 55.5 Å². The topological polar surface area (TPSA) is 129 Å². The van der Waals surface area contributed by atoms with Crippen LogP contribution in [-0.4, -0.2) is 83.6 Å². The van der Waals surface area contributed by atoms with Gasteiger partial charge in [-0.15, -0.1) is 11.3 Å². The standard InChI is InChI=1S/C32H26N4O6S.K/c1-3-23-16-26-29(38)35(18-27(37)21-7-6-8-22(15-21)41-2)32(40)36(30(26)43-23)17-19-11-13-20(14-12-19)24-9-4-5-10-25(24)28-33-31(39)42-34-28;/h4-16H,3,17-18H2,1-2H3,(H,33,34,39);. The Kier molecular flexibility index (Phi) is 9.78. The summed E-state index contributed by atoms with van der Waals surface area (Å²) < 4.78 is 12.5. The molecule has 0 saturated heterocycles. The number of hydrogen-bond donors (Lipinski definition) is 1. The van der Waals surface area contributed by atoms with E-state index < -0.39 is 23.5 Å². The number of thiophene rings is 1. The largest absolute Gasteiger partial charge is 0.497 e. The molecule has 0 aliphatic heterocycles. The molecule has 10 nitrogen and oxygen atoms in total. The van der Waals surface area contributed by atoms with Crippen LogP contribution in [0.4, 0.5) is 0 Å². The second kappa shape index (κ2) is 13.5. The van der Waals surface area contributed by atoms with Gasteiger partial charge in [-0.2, -0.15) is 0 Å². The summed E-state index contributed by atoms with van der Waals surface area (Å²) in [5.41, 5.74) is 2.56. The van der Waals surface area contributed by atoms with Gasteiger partial charge in [0.1, 0.15) is 10.6 Å². The number of benzene rings is 3. The number of methoxy groups -OCH3 is 1. The normalized spacial score (nSPS) is 11.0. The number of nitrogens with one attached hydrogen (secondary N) is 1. The van der Waals surface area contributed by atoms with E-state index in [9.17, 15) is 19.2 Å². The molecule has 6 aromatic rings. The van der Waals surface area contributed by atoms with E-state index in [1.54, 1.807) is 34.9 Å². The molecule has 44 heavy (non-hydrogen) atoms. The summed E-state index contributed by atoms with van der Waals surface area (Å²) in [6.07, 6.45) is 0.709. The Morgan fingerprint density at radius 2 is 1.70 bits per heavy atom. The Morgan fingerprint density at radius 1 is 0.955 bits per heavy atom. The molecule has 3 aromatic carbocycles. The molecule has 217 valence electrons. The molecule has 0 fully saturated rings. The molecule has 0 spiro atoms. The van der Waals surface area contributed by atoms with Crippen molar-refractivity contribution in [1.29, 1.82) is 0 Å². The van der Waals surface area contributed by atoms with Crippen molar-refractivity contribution < 1.29 is 14.1 Å². The zero-order valence-electron chi connectivity index (χ0n) is 24.3. The first-order valence-corrected chi connectivity index (χ1v) is 14.4. The zero-order chi connectivity index (χ0) is 30.1. The van der Waals surface area contributed by atoms with Crippen LogP contribution in [0.15, 0.2) is 97.8 Å². The second-order valence-electron chi connectivity index (χ2n) is 9.89. The third kappa shape index (κ3) is 6.27. The molecular weight excluding hydrogens is 608 g/mol. The van der Waals surface area contributed by atoms with Crippen LogP contribution in [0.25, 0.3) is 32.7 Å². The van der Waals surface area contributed by atoms with Gasteiger partial charge < -0.3 is 4.74 Å². The minimum Gasteiger partial charge on any atom is -0.497 e. The van der Waals surface area contributed by atoms with Crippen molar-refractivity contribution in [2.75, 3.05) is 7.11 Å². The smallest absolute Gasteiger partial charge is 0.439 e. The molecule has 0 saturated carbocycles. The van der Waals surface area contributed by atoms with Crippen molar-refractivity contribution in [1.82, 2.24) is 19.3 Å². The number of rotatable bonds is 9. The minimum atomic E-state index is -0.636. The fourth-order valence-corrected chi connectivity index (χ4v) is 6.07. The van der Waals surface area contributed by atoms with E-state index in [2.05, 4.69) is 14.7 Å². The van der Waals surface area contributed by atoms with Crippen LogP contribution in [-0.2, 0) is 19.5 Å². The van der Waals surface area contributed by atoms with Crippen molar-refractivity contribution in [2.45, 2.75) is 26.4 Å². The molecule has 1 N–H and O–H groups in total. The molecule has 0 unspecified atom stereocenters. The molecule has 3 aromatic heterocycles. The van der Waals surface area contributed by atoms with Crippen LogP contribution in [0.3, 0.4) is 0 Å². The van der Waals surface area contributed by atoms with Gasteiger partial charge in [0.25, 0.3) is 5.56 Å². The van der Waals surface area contributed by atoms with Crippen molar-refractivity contribution >= 4 is 78.7 Å². The fourth-order valence-electron chi connectivity index (χ4n) is 4.99. The molecule has 3 heterocycles. The summed E-state index contributed by atoms with van der Waals surface area (Å²) in [5.74, 6) is -0.166. The zero-order valence-corrected chi connectivity index (χ0v) is 28.3. The third-order valence-corrected chi connectivity index (χ3v) is 8.52. The molecular formula is C32H26KN4O6S. The SMILES string of the molecule is CCc1cc2c(=O)n(CC(=O)c3cccc(OC)c3)c(=O)n(Cc3ccc(-c4ccccc4-c4noc(=O)[nH]4)cc3)c2s1.[K]. The summed E-state index contributed by atoms with van der Waals surface area (Å²) in [5, 5.41) is 4.23. The molecule has 6 rings (SSSR count). The number of ketones is 1. The first-order chi connectivity index (χ1) is 20.9. The Balaban J connectivity index is 0.00000384. The molecule has 0 aliphatic rings. The summed E-state index contributed by atoms with van der Waals surface area (Å²) in [6.45, 7) is 1.80. The molecule has 12 heteroatoms. The quantitative estimate of drug-likeness (QED) is 0.185. The summed E-state index contributed by atoms with van der Waals surface area (Å²) in [6, 6.07) is 23.6. The molecule has 0 bridgehead atoms. The van der Waals surface area contributed by atoms with E-state index in [4.69, 9.17) is 4.74 Å². The van der Waals surface area contributed by atoms with Crippen LogP contribution in [0.1, 0.15) is 27.7 Å². The van der Waals surface area contributed by atoms with Crippen LogP contribution in [0.5, 0.6) is 5.75 Å². The minimum absolute atomic E-state index is 0. The average Bonchev–Trinajstić information content (AvgIpc) is 3.68. The van der Waals surface area contributed by atoms with Crippen LogP contribution in [0.2, 0.25) is 0 Å². The number of carbonyl (C=O) groups is 1. The number of nitrogens with zero attached hydrogens (tertiary/aromatic N) is 3. The van der Waals surface area contributed by atoms with E-state index >= 15 is 0 Å². The van der Waals surface area contributed by atoms with Crippen molar-refractivity contribution in [3.63, 3.8) is 0 Å². The first-order valence-electron chi connectivity index (χ1n) is 13.5. The number of ether oxygens (including phenoxy) is 1. The number of H-pyrrole nitrogens is 1. The third-order valence-electron chi connectivity index (χ3n) is 7.22. The summed E-state index contributed by atoms with van der Waals surface area (Å²) in [7, 11) is 1.51. The summed E-state index contributed by atoms with van der Waals surface area (Å²) in [4.78, 5) is 56.1. The summed E-state index contributed by atoms with van der Waals surface area (Å²) >= 11 is 1.41. The number of Topliss-reactive ketones (excluding diaryl/α,β-unsaturated/α-hetero) is 1. The van der Waals surface area contributed by atoms with E-state index in [-0.39, 0.29) is 63.7 Å². The second-order valence-corrected chi connectivity index (χ2v) is 11.0. The number of carbonyl (C=O) groups excluding carboxylic acids is 1. The fraction of sp³-hybridized carbons (Fsp3) is 0.156. The Hall–Kier alpha value is -3.65. The number of aromatic nitrogens is 4. The number of aryl methyl sites for hydroxylation is 1. The van der Waals surface area contributed by atoms with Crippen LogP contribution >= 0.6 is 11.3 Å².